The van der Waals surface area contributed by atoms with Crippen molar-refractivity contribution in [1.82, 2.24) is 0 Å². The predicted octanol–water partition coefficient (Wildman–Crippen LogP) is 1.91. The van der Waals surface area contributed by atoms with Gasteiger partial charge in [0, 0.05) is 31.3 Å². The molecule has 0 saturated heterocycles. The fraction of sp³-hybridized carbons (Fsp3) is 0.333. The number of carbonyl (C=O) groups is 2. The van der Waals surface area contributed by atoms with Crippen LogP contribution in [0.5, 0.6) is 0 Å². The van der Waals surface area contributed by atoms with Crippen LogP contribution in [0.4, 0.5) is 5.69 Å². The molecular formula is C12H15NO2. The Labute approximate surface area is 89.7 Å². The monoisotopic (exact) mass is 205 g/mol. The number of benzene rings is 1. The lowest BCUT2D eigenvalue weighted by molar-refractivity contribution is -0.107. The molecule has 1 rings (SSSR count). The lowest BCUT2D eigenvalue weighted by atomic mass is 10.2. The molecule has 0 spiro atoms. The van der Waals surface area contributed by atoms with E-state index in [9.17, 15) is 9.59 Å². The maximum atomic E-state index is 10.6. The second kappa shape index (κ2) is 5.96. The molecule has 15 heavy (non-hydrogen) atoms. The minimum absolute atomic E-state index is 0.581. The lowest BCUT2D eigenvalue weighted by Crippen LogP contribution is -2.18. The molecule has 0 saturated carbocycles. The number of nitrogens with zero attached hydrogens (tertiary/aromatic N) is 1. The van der Waals surface area contributed by atoms with Gasteiger partial charge in [-0.25, -0.2) is 0 Å². The number of hydrogen-bond donors (Lipinski definition) is 0. The number of rotatable bonds is 6. The van der Waals surface area contributed by atoms with Crippen molar-refractivity contribution in [3.63, 3.8) is 0 Å². The summed E-state index contributed by atoms with van der Waals surface area (Å²) in [4.78, 5) is 22.8. The molecule has 0 aliphatic rings. The molecule has 0 atom stereocenters. The summed E-state index contributed by atoms with van der Waals surface area (Å²) in [7, 11) is 1.95. The van der Waals surface area contributed by atoms with Crippen molar-refractivity contribution in [2.75, 3.05) is 18.5 Å². The fourth-order valence-electron chi connectivity index (χ4n) is 1.38. The number of hydrogen-bond acceptors (Lipinski definition) is 3. The van der Waals surface area contributed by atoms with Crippen LogP contribution in [-0.2, 0) is 4.79 Å². The lowest BCUT2D eigenvalue weighted by Gasteiger charge is -2.18. The molecule has 0 aromatic heterocycles. The Bertz CT molecular complexity index is 336. The first kappa shape index (κ1) is 11.4. The van der Waals surface area contributed by atoms with Gasteiger partial charge in [-0.05, 0) is 18.6 Å². The zero-order chi connectivity index (χ0) is 11.1. The van der Waals surface area contributed by atoms with Gasteiger partial charge in [0.05, 0.1) is 0 Å². The zero-order valence-electron chi connectivity index (χ0n) is 8.85. The SMILES string of the molecule is CN(CCCC=O)c1cccc(C=O)c1. The van der Waals surface area contributed by atoms with Crippen LogP contribution in [0.1, 0.15) is 23.2 Å². The van der Waals surface area contributed by atoms with Gasteiger partial charge in [0.1, 0.15) is 12.6 Å². The molecule has 80 valence electrons. The van der Waals surface area contributed by atoms with Gasteiger partial charge in [-0.3, -0.25) is 4.79 Å². The van der Waals surface area contributed by atoms with Crippen LogP contribution in [0.25, 0.3) is 0 Å². The molecule has 0 bridgehead atoms. The molecular weight excluding hydrogens is 190 g/mol. The van der Waals surface area contributed by atoms with E-state index < -0.39 is 0 Å². The van der Waals surface area contributed by atoms with Gasteiger partial charge in [0.15, 0.2) is 0 Å². The number of unbranched alkanes of at least 4 members (excludes halogenated alkanes) is 1. The highest BCUT2D eigenvalue weighted by molar-refractivity contribution is 5.77. The standard InChI is InChI=1S/C12H15NO2/c1-13(7-2-3-8-14)12-6-4-5-11(9-12)10-15/h4-6,8-10H,2-3,7H2,1H3. The molecule has 0 amide bonds. The highest BCUT2D eigenvalue weighted by Gasteiger charge is 2.00. The summed E-state index contributed by atoms with van der Waals surface area (Å²) < 4.78 is 0. The molecule has 0 N–H and O–H groups in total. The fourth-order valence-corrected chi connectivity index (χ4v) is 1.38. The minimum Gasteiger partial charge on any atom is -0.375 e. The third-order valence-corrected chi connectivity index (χ3v) is 2.26. The molecule has 0 aliphatic heterocycles. The number of carbonyl (C=O) groups excluding carboxylic acids is 2. The summed E-state index contributed by atoms with van der Waals surface area (Å²) in [6.07, 6.45) is 3.18. The van der Waals surface area contributed by atoms with Gasteiger partial charge in [0.25, 0.3) is 0 Å². The molecule has 0 radical (unpaired) electrons. The Hall–Kier alpha value is -1.64. The van der Waals surface area contributed by atoms with Crippen molar-refractivity contribution in [3.05, 3.63) is 29.8 Å². The molecule has 1 aromatic carbocycles. The Morgan fingerprint density at radius 1 is 1.33 bits per heavy atom. The van der Waals surface area contributed by atoms with Crippen molar-refractivity contribution in [1.29, 1.82) is 0 Å². The van der Waals surface area contributed by atoms with E-state index in [4.69, 9.17) is 0 Å². The van der Waals surface area contributed by atoms with Crippen molar-refractivity contribution < 1.29 is 9.59 Å². The van der Waals surface area contributed by atoms with Crippen molar-refractivity contribution >= 4 is 18.3 Å². The van der Waals surface area contributed by atoms with Gasteiger partial charge >= 0.3 is 0 Å². The highest BCUT2D eigenvalue weighted by atomic mass is 16.1. The summed E-state index contributed by atoms with van der Waals surface area (Å²) in [5, 5.41) is 0. The van der Waals surface area contributed by atoms with Crippen LogP contribution in [0.2, 0.25) is 0 Å². The van der Waals surface area contributed by atoms with Gasteiger partial charge in [0.2, 0.25) is 0 Å². The zero-order valence-corrected chi connectivity index (χ0v) is 8.85. The quantitative estimate of drug-likeness (QED) is 0.526. The largest absolute Gasteiger partial charge is 0.375 e. The second-order valence-electron chi connectivity index (χ2n) is 3.44. The van der Waals surface area contributed by atoms with E-state index in [1.807, 2.05) is 30.1 Å². The van der Waals surface area contributed by atoms with E-state index in [0.717, 1.165) is 31.2 Å². The van der Waals surface area contributed by atoms with Crippen molar-refractivity contribution in [2.45, 2.75) is 12.8 Å². The highest BCUT2D eigenvalue weighted by Crippen LogP contribution is 2.14. The third kappa shape index (κ3) is 3.54. The summed E-state index contributed by atoms with van der Waals surface area (Å²) in [6, 6.07) is 7.42. The Balaban J connectivity index is 2.60. The summed E-state index contributed by atoms with van der Waals surface area (Å²) in [5.41, 5.74) is 1.68. The Kier molecular flexibility index (Phi) is 4.54. The van der Waals surface area contributed by atoms with Gasteiger partial charge in [-0.15, -0.1) is 0 Å². The van der Waals surface area contributed by atoms with Gasteiger partial charge in [-0.1, -0.05) is 12.1 Å². The summed E-state index contributed by atoms with van der Waals surface area (Å²) >= 11 is 0. The normalized spacial score (nSPS) is 9.67. The molecule has 3 nitrogen and oxygen atoms in total. The van der Waals surface area contributed by atoms with Gasteiger partial charge < -0.3 is 9.69 Å². The maximum Gasteiger partial charge on any atom is 0.150 e. The van der Waals surface area contributed by atoms with Crippen molar-refractivity contribution in [3.8, 4) is 0 Å². The van der Waals surface area contributed by atoms with Crippen LogP contribution in [-0.4, -0.2) is 26.2 Å². The average Bonchev–Trinajstić information content (AvgIpc) is 2.29. The number of aldehydes is 2. The van der Waals surface area contributed by atoms with E-state index in [-0.39, 0.29) is 0 Å². The molecule has 0 unspecified atom stereocenters. The molecule has 3 heteroatoms. The van der Waals surface area contributed by atoms with E-state index >= 15 is 0 Å². The van der Waals surface area contributed by atoms with Crippen LogP contribution >= 0.6 is 0 Å². The van der Waals surface area contributed by atoms with Crippen LogP contribution in [0.3, 0.4) is 0 Å². The number of anilines is 1. The first-order chi connectivity index (χ1) is 7.27. The smallest absolute Gasteiger partial charge is 0.150 e. The van der Waals surface area contributed by atoms with E-state index in [0.29, 0.717) is 12.0 Å². The van der Waals surface area contributed by atoms with E-state index in [1.54, 1.807) is 6.07 Å². The van der Waals surface area contributed by atoms with E-state index in [2.05, 4.69) is 0 Å². The first-order valence-corrected chi connectivity index (χ1v) is 4.98. The first-order valence-electron chi connectivity index (χ1n) is 4.98. The second-order valence-corrected chi connectivity index (χ2v) is 3.44. The average molecular weight is 205 g/mol. The van der Waals surface area contributed by atoms with Crippen molar-refractivity contribution in [2.24, 2.45) is 0 Å². The Morgan fingerprint density at radius 2 is 2.13 bits per heavy atom. The molecule has 0 heterocycles. The van der Waals surface area contributed by atoms with Gasteiger partial charge in [-0.2, -0.15) is 0 Å². The topological polar surface area (TPSA) is 37.4 Å². The third-order valence-electron chi connectivity index (χ3n) is 2.26. The predicted molar refractivity (Wildman–Crippen MR) is 60.4 cm³/mol. The van der Waals surface area contributed by atoms with E-state index in [1.165, 1.54) is 0 Å². The summed E-state index contributed by atoms with van der Waals surface area (Å²) in [6.45, 7) is 0.820. The maximum absolute atomic E-state index is 10.6. The minimum atomic E-state index is 0.581. The molecule has 0 fully saturated rings. The Morgan fingerprint density at radius 3 is 2.80 bits per heavy atom. The molecule has 0 aliphatic carbocycles. The molecule has 1 aromatic rings. The van der Waals surface area contributed by atoms with Crippen LogP contribution < -0.4 is 4.90 Å². The van der Waals surface area contributed by atoms with Crippen LogP contribution in [0.15, 0.2) is 24.3 Å². The van der Waals surface area contributed by atoms with Crippen LogP contribution in [0, 0.1) is 0 Å². The summed E-state index contributed by atoms with van der Waals surface area (Å²) in [5.74, 6) is 0.